The summed E-state index contributed by atoms with van der Waals surface area (Å²) in [5, 5.41) is 9.66. The molecule has 0 saturated heterocycles. The summed E-state index contributed by atoms with van der Waals surface area (Å²) < 4.78 is 0. The Labute approximate surface area is 91.4 Å². The third-order valence-corrected chi connectivity index (χ3v) is 3.33. The van der Waals surface area contributed by atoms with E-state index in [0.717, 1.165) is 12.5 Å². The van der Waals surface area contributed by atoms with Gasteiger partial charge in [-0.25, -0.2) is 4.79 Å². The van der Waals surface area contributed by atoms with Crippen molar-refractivity contribution in [2.24, 2.45) is 0 Å². The van der Waals surface area contributed by atoms with E-state index in [0.29, 0.717) is 20.4 Å². The lowest BCUT2D eigenvalue weighted by atomic mass is 10.1. The number of terminal acetylenes is 1. The Hall–Kier alpha value is -1.60. The van der Waals surface area contributed by atoms with Crippen molar-refractivity contribution in [2.45, 2.75) is 19.4 Å². The number of hydrogen-bond donors (Lipinski definition) is 1. The lowest BCUT2D eigenvalue weighted by Gasteiger charge is -2.05. The number of carbonyl (C=O) groups is 1. The number of aromatic carboxylic acids is 1. The Morgan fingerprint density at radius 3 is 3.00 bits per heavy atom. The van der Waals surface area contributed by atoms with Gasteiger partial charge in [0.05, 0.1) is 5.56 Å². The zero-order chi connectivity index (χ0) is 11.3. The average Bonchev–Trinajstić information content (AvgIpc) is 2.25. The van der Waals surface area contributed by atoms with Crippen LogP contribution in [0.2, 0.25) is 6.04 Å². The third-order valence-electron chi connectivity index (χ3n) is 1.86. The molecule has 0 aliphatic rings. The summed E-state index contributed by atoms with van der Waals surface area (Å²) in [6.07, 6.45) is 7.83. The smallest absolute Gasteiger partial charge is 0.338 e. The molecule has 4 heteroatoms. The van der Waals surface area contributed by atoms with Gasteiger partial charge in [0.2, 0.25) is 0 Å². The Bertz CT molecular complexity index is 410. The first-order valence-electron chi connectivity index (χ1n) is 4.63. The first kappa shape index (κ1) is 11.5. The van der Waals surface area contributed by atoms with Crippen LogP contribution in [0.4, 0.5) is 0 Å². The molecule has 0 fully saturated rings. The van der Waals surface area contributed by atoms with Crippen LogP contribution in [-0.4, -0.2) is 25.6 Å². The number of aromatic nitrogens is 1. The maximum absolute atomic E-state index is 11.0. The maximum atomic E-state index is 11.0. The van der Waals surface area contributed by atoms with E-state index in [-0.39, 0.29) is 5.56 Å². The summed E-state index contributed by atoms with van der Waals surface area (Å²) in [6, 6.07) is 2.50. The van der Waals surface area contributed by atoms with Gasteiger partial charge in [-0.3, -0.25) is 4.98 Å². The number of carboxylic acid groups (broad SMARTS) is 1. The minimum Gasteiger partial charge on any atom is -0.478 e. The van der Waals surface area contributed by atoms with Crippen LogP contribution in [0.3, 0.4) is 0 Å². The molecule has 1 heterocycles. The Balaban J connectivity index is 3.15. The van der Waals surface area contributed by atoms with Crippen LogP contribution >= 0.6 is 0 Å². The van der Waals surface area contributed by atoms with Crippen molar-refractivity contribution < 1.29 is 9.90 Å². The van der Waals surface area contributed by atoms with Gasteiger partial charge in [-0.2, -0.15) is 0 Å². The van der Waals surface area contributed by atoms with Crippen molar-refractivity contribution in [3.63, 3.8) is 0 Å². The molecule has 1 aromatic rings. The van der Waals surface area contributed by atoms with Gasteiger partial charge in [0.25, 0.3) is 0 Å². The molecule has 1 rings (SSSR count). The first-order chi connectivity index (χ1) is 7.20. The summed E-state index contributed by atoms with van der Waals surface area (Å²) in [5.41, 5.74) is 0.600. The normalized spacial score (nSPS) is 9.60. The quantitative estimate of drug-likeness (QED) is 0.602. The van der Waals surface area contributed by atoms with Gasteiger partial charge in [0.15, 0.2) is 0 Å². The fraction of sp³-hybridized carbons (Fsp3) is 0.273. The zero-order valence-corrected chi connectivity index (χ0v) is 9.45. The highest BCUT2D eigenvalue weighted by atomic mass is 28.2. The standard InChI is InChI=1S/C11H11NO2Si/c1-3-7-15-10-9(11(13)14)8(4-2)5-6-12-10/h2,5-6H,3,7H2,1H3,(H,13,14). The minimum absolute atomic E-state index is 0.187. The second-order valence-electron chi connectivity index (χ2n) is 2.96. The highest BCUT2D eigenvalue weighted by Gasteiger charge is 2.15. The molecule has 1 aromatic heterocycles. The van der Waals surface area contributed by atoms with Crippen molar-refractivity contribution in [1.29, 1.82) is 0 Å². The van der Waals surface area contributed by atoms with Gasteiger partial charge < -0.3 is 5.11 Å². The minimum atomic E-state index is -0.991. The summed E-state index contributed by atoms with van der Waals surface area (Å²) >= 11 is 0. The van der Waals surface area contributed by atoms with Crippen LogP contribution < -0.4 is 5.32 Å². The highest BCUT2D eigenvalue weighted by molar-refractivity contribution is 6.54. The van der Waals surface area contributed by atoms with Crippen molar-refractivity contribution in [1.82, 2.24) is 4.98 Å². The van der Waals surface area contributed by atoms with Crippen LogP contribution in [0.15, 0.2) is 12.3 Å². The van der Waals surface area contributed by atoms with Crippen molar-refractivity contribution >= 4 is 20.8 Å². The number of nitrogens with zero attached hydrogens (tertiary/aromatic N) is 1. The zero-order valence-electron chi connectivity index (χ0n) is 8.45. The Morgan fingerprint density at radius 2 is 2.47 bits per heavy atom. The topological polar surface area (TPSA) is 50.2 Å². The molecule has 0 bridgehead atoms. The fourth-order valence-electron chi connectivity index (χ4n) is 1.18. The molecule has 0 atom stereocenters. The molecule has 0 amide bonds. The summed E-state index contributed by atoms with van der Waals surface area (Å²) in [5.74, 6) is 1.39. The van der Waals surface area contributed by atoms with Gasteiger partial charge in [-0.15, -0.1) is 6.42 Å². The van der Waals surface area contributed by atoms with E-state index in [4.69, 9.17) is 11.5 Å². The number of carboxylic acids is 1. The second kappa shape index (κ2) is 5.32. The molecule has 0 spiro atoms. The van der Waals surface area contributed by atoms with Gasteiger partial charge >= 0.3 is 5.97 Å². The summed E-state index contributed by atoms with van der Waals surface area (Å²) in [7, 11) is 0.408. The Kier molecular flexibility index (Phi) is 4.07. The van der Waals surface area contributed by atoms with E-state index < -0.39 is 5.97 Å². The van der Waals surface area contributed by atoms with Crippen molar-refractivity contribution in [3.8, 4) is 12.3 Å². The van der Waals surface area contributed by atoms with Gasteiger partial charge in [-0.05, 0) is 6.07 Å². The molecular formula is C11H11NO2Si. The molecular weight excluding hydrogens is 206 g/mol. The molecule has 3 nitrogen and oxygen atoms in total. The fourth-order valence-corrected chi connectivity index (χ4v) is 2.25. The van der Waals surface area contributed by atoms with Crippen LogP contribution in [0, 0.1) is 12.3 Å². The maximum Gasteiger partial charge on any atom is 0.338 e. The molecule has 2 radical (unpaired) electrons. The second-order valence-corrected chi connectivity index (χ2v) is 4.29. The SMILES string of the molecule is C#Cc1ccnc([Si]CCC)c1C(=O)O. The molecule has 0 aliphatic carbocycles. The van der Waals surface area contributed by atoms with E-state index >= 15 is 0 Å². The van der Waals surface area contributed by atoms with E-state index in [9.17, 15) is 4.79 Å². The van der Waals surface area contributed by atoms with E-state index in [1.807, 2.05) is 0 Å². The van der Waals surface area contributed by atoms with Crippen molar-refractivity contribution in [2.75, 3.05) is 0 Å². The largest absolute Gasteiger partial charge is 0.478 e. The molecule has 15 heavy (non-hydrogen) atoms. The molecule has 0 aromatic carbocycles. The van der Waals surface area contributed by atoms with Crippen LogP contribution in [0.1, 0.15) is 29.3 Å². The number of rotatable bonds is 4. The van der Waals surface area contributed by atoms with E-state index in [1.165, 1.54) is 0 Å². The Morgan fingerprint density at radius 1 is 1.73 bits per heavy atom. The predicted octanol–water partition coefficient (Wildman–Crippen LogP) is 0.919. The highest BCUT2D eigenvalue weighted by Crippen LogP contribution is 2.03. The van der Waals surface area contributed by atoms with Crippen LogP contribution in [-0.2, 0) is 0 Å². The average molecular weight is 217 g/mol. The monoisotopic (exact) mass is 217 g/mol. The van der Waals surface area contributed by atoms with Crippen LogP contribution in [0.5, 0.6) is 0 Å². The molecule has 0 saturated carbocycles. The first-order valence-corrected chi connectivity index (χ1v) is 5.84. The number of hydrogen-bond acceptors (Lipinski definition) is 2. The molecule has 0 aliphatic heterocycles. The molecule has 76 valence electrons. The van der Waals surface area contributed by atoms with Gasteiger partial charge in [-0.1, -0.05) is 25.3 Å². The summed E-state index contributed by atoms with van der Waals surface area (Å²) in [6.45, 7) is 2.05. The van der Waals surface area contributed by atoms with E-state index in [1.54, 1.807) is 12.3 Å². The number of pyridine rings is 1. The molecule has 1 N–H and O–H groups in total. The van der Waals surface area contributed by atoms with E-state index in [2.05, 4.69) is 17.8 Å². The van der Waals surface area contributed by atoms with Gasteiger partial charge in [0.1, 0.15) is 9.52 Å². The lowest BCUT2D eigenvalue weighted by Crippen LogP contribution is -2.27. The third kappa shape index (κ3) is 2.67. The summed E-state index contributed by atoms with van der Waals surface area (Å²) in [4.78, 5) is 15.1. The lowest BCUT2D eigenvalue weighted by molar-refractivity contribution is 0.0697. The molecule has 0 unspecified atom stereocenters. The van der Waals surface area contributed by atoms with Crippen molar-refractivity contribution in [3.05, 3.63) is 23.4 Å². The predicted molar refractivity (Wildman–Crippen MR) is 59.6 cm³/mol. The van der Waals surface area contributed by atoms with Gasteiger partial charge in [0, 0.05) is 17.1 Å². The van der Waals surface area contributed by atoms with Crippen LogP contribution in [0.25, 0.3) is 0 Å².